The SMILES string of the molecule is COc1cc(C)c(CNC[C@@H](NC(=O)c2cc(C)on2)c2ccc(C#CCO)cc2)cc1C. The summed E-state index contributed by atoms with van der Waals surface area (Å²) in [6.45, 7) is 6.78. The van der Waals surface area contributed by atoms with Gasteiger partial charge in [-0.25, -0.2) is 0 Å². The molecule has 2 aromatic carbocycles. The summed E-state index contributed by atoms with van der Waals surface area (Å²) in [6, 6.07) is 13.0. The number of aromatic nitrogens is 1. The maximum absolute atomic E-state index is 12.7. The average molecular weight is 448 g/mol. The van der Waals surface area contributed by atoms with Crippen LogP contribution in [0, 0.1) is 32.6 Å². The molecule has 0 aliphatic rings. The molecule has 0 bridgehead atoms. The lowest BCUT2D eigenvalue weighted by molar-refractivity contribution is 0.0927. The van der Waals surface area contributed by atoms with Gasteiger partial charge < -0.3 is 25.0 Å². The van der Waals surface area contributed by atoms with E-state index in [-0.39, 0.29) is 24.2 Å². The standard InChI is InChI=1S/C26H29N3O4/c1-17-13-25(32-4)18(2)12-22(17)15-27-16-24(28-26(31)23-14-19(3)33-29-23)21-9-7-20(8-10-21)6-5-11-30/h7-10,12-14,24,27,30H,11,15-16H2,1-4H3,(H,28,31)/t24-/m1/s1. The van der Waals surface area contributed by atoms with Gasteiger partial charge in [0.2, 0.25) is 0 Å². The zero-order chi connectivity index (χ0) is 23.8. The van der Waals surface area contributed by atoms with Gasteiger partial charge in [-0.2, -0.15) is 0 Å². The van der Waals surface area contributed by atoms with Crippen LogP contribution in [0.15, 0.2) is 47.0 Å². The molecule has 3 rings (SSSR count). The van der Waals surface area contributed by atoms with Crippen molar-refractivity contribution in [2.45, 2.75) is 33.4 Å². The summed E-state index contributed by atoms with van der Waals surface area (Å²) in [5, 5.41) is 19.2. The number of aliphatic hydroxyl groups excluding tert-OH is 1. The lowest BCUT2D eigenvalue weighted by Crippen LogP contribution is -2.35. The fourth-order valence-electron chi connectivity index (χ4n) is 3.51. The predicted molar refractivity (Wildman–Crippen MR) is 126 cm³/mol. The van der Waals surface area contributed by atoms with Crippen molar-refractivity contribution in [1.82, 2.24) is 15.8 Å². The van der Waals surface area contributed by atoms with Crippen LogP contribution in [0.4, 0.5) is 0 Å². The fourth-order valence-corrected chi connectivity index (χ4v) is 3.51. The Balaban J connectivity index is 1.75. The number of amides is 1. The lowest BCUT2D eigenvalue weighted by Gasteiger charge is -2.20. The summed E-state index contributed by atoms with van der Waals surface area (Å²) >= 11 is 0. The van der Waals surface area contributed by atoms with Gasteiger partial charge in [-0.1, -0.05) is 35.2 Å². The molecule has 1 heterocycles. The van der Waals surface area contributed by atoms with Crippen LogP contribution < -0.4 is 15.4 Å². The molecule has 1 aromatic heterocycles. The van der Waals surface area contributed by atoms with E-state index in [0.29, 0.717) is 18.8 Å². The lowest BCUT2D eigenvalue weighted by atomic mass is 10.0. The average Bonchev–Trinajstić information content (AvgIpc) is 3.25. The van der Waals surface area contributed by atoms with Crippen molar-refractivity contribution < 1.29 is 19.2 Å². The van der Waals surface area contributed by atoms with Crippen LogP contribution >= 0.6 is 0 Å². The Kier molecular flexibility index (Phi) is 8.25. The Labute approximate surface area is 194 Å². The van der Waals surface area contributed by atoms with Crippen LogP contribution in [-0.4, -0.2) is 36.4 Å². The minimum atomic E-state index is -0.306. The number of hydrogen-bond donors (Lipinski definition) is 3. The monoisotopic (exact) mass is 447 g/mol. The van der Waals surface area contributed by atoms with Crippen LogP contribution in [-0.2, 0) is 6.54 Å². The van der Waals surface area contributed by atoms with Crippen molar-refractivity contribution >= 4 is 5.91 Å². The Morgan fingerprint density at radius 1 is 1.15 bits per heavy atom. The molecule has 0 fully saturated rings. The number of ether oxygens (including phenoxy) is 1. The molecule has 7 heteroatoms. The molecular weight excluding hydrogens is 418 g/mol. The van der Waals surface area contributed by atoms with Crippen molar-refractivity contribution in [1.29, 1.82) is 0 Å². The number of methoxy groups -OCH3 is 1. The highest BCUT2D eigenvalue weighted by molar-refractivity contribution is 5.92. The third-order valence-electron chi connectivity index (χ3n) is 5.31. The molecule has 0 aliphatic carbocycles. The maximum atomic E-state index is 12.7. The molecule has 3 N–H and O–H groups in total. The number of nitrogens with zero attached hydrogens (tertiary/aromatic N) is 1. The van der Waals surface area contributed by atoms with Crippen LogP contribution in [0.25, 0.3) is 0 Å². The molecule has 0 radical (unpaired) electrons. The maximum Gasteiger partial charge on any atom is 0.274 e. The normalized spacial score (nSPS) is 11.4. The fraction of sp³-hybridized carbons (Fsp3) is 0.308. The van der Waals surface area contributed by atoms with E-state index in [1.54, 1.807) is 20.1 Å². The van der Waals surface area contributed by atoms with Gasteiger partial charge in [0.05, 0.1) is 13.2 Å². The topological polar surface area (TPSA) is 96.6 Å². The van der Waals surface area contributed by atoms with Crippen molar-refractivity contribution in [2.24, 2.45) is 0 Å². The molecular formula is C26H29N3O4. The van der Waals surface area contributed by atoms with Gasteiger partial charge in [0.25, 0.3) is 5.91 Å². The molecule has 0 aliphatic heterocycles. The number of benzene rings is 2. The first-order valence-corrected chi connectivity index (χ1v) is 10.7. The van der Waals surface area contributed by atoms with E-state index in [1.165, 1.54) is 5.56 Å². The van der Waals surface area contributed by atoms with Crippen molar-refractivity contribution in [2.75, 3.05) is 20.3 Å². The summed E-state index contributed by atoms with van der Waals surface area (Å²) in [5.74, 6) is 6.65. The molecule has 7 nitrogen and oxygen atoms in total. The van der Waals surface area contributed by atoms with Gasteiger partial charge in [-0.15, -0.1) is 0 Å². The summed E-state index contributed by atoms with van der Waals surface area (Å²) < 4.78 is 10.4. The zero-order valence-corrected chi connectivity index (χ0v) is 19.4. The minimum Gasteiger partial charge on any atom is -0.496 e. The molecule has 0 spiro atoms. The Morgan fingerprint density at radius 3 is 2.55 bits per heavy atom. The number of nitrogens with one attached hydrogen (secondary N) is 2. The molecule has 0 saturated heterocycles. The number of carbonyl (C=O) groups excluding carboxylic acids is 1. The van der Waals surface area contributed by atoms with E-state index in [4.69, 9.17) is 14.4 Å². The summed E-state index contributed by atoms with van der Waals surface area (Å²) in [7, 11) is 1.67. The van der Waals surface area contributed by atoms with E-state index in [9.17, 15) is 4.79 Å². The zero-order valence-electron chi connectivity index (χ0n) is 19.4. The van der Waals surface area contributed by atoms with E-state index in [2.05, 4.69) is 40.6 Å². The number of aliphatic hydroxyl groups is 1. The number of hydrogen-bond acceptors (Lipinski definition) is 6. The minimum absolute atomic E-state index is 0.189. The molecule has 1 atom stereocenters. The summed E-state index contributed by atoms with van der Waals surface area (Å²) in [5.41, 5.74) is 5.33. The predicted octanol–water partition coefficient (Wildman–Crippen LogP) is 3.21. The smallest absolute Gasteiger partial charge is 0.274 e. The van der Waals surface area contributed by atoms with Crippen molar-refractivity contribution in [3.05, 3.63) is 81.7 Å². The molecule has 1 amide bonds. The first kappa shape index (κ1) is 24.1. The van der Waals surface area contributed by atoms with Gasteiger partial charge in [-0.3, -0.25) is 4.79 Å². The Hall–Kier alpha value is -3.60. The quantitative estimate of drug-likeness (QED) is 0.459. The number of aryl methyl sites for hydroxylation is 3. The van der Waals surface area contributed by atoms with Gasteiger partial charge in [0.1, 0.15) is 18.1 Å². The van der Waals surface area contributed by atoms with E-state index >= 15 is 0 Å². The van der Waals surface area contributed by atoms with Gasteiger partial charge in [-0.05, 0) is 61.2 Å². The first-order chi connectivity index (χ1) is 15.9. The largest absolute Gasteiger partial charge is 0.496 e. The van der Waals surface area contributed by atoms with E-state index in [1.807, 2.05) is 37.3 Å². The molecule has 172 valence electrons. The van der Waals surface area contributed by atoms with Gasteiger partial charge >= 0.3 is 0 Å². The highest BCUT2D eigenvalue weighted by Gasteiger charge is 2.18. The van der Waals surface area contributed by atoms with Crippen LogP contribution in [0.3, 0.4) is 0 Å². The second-order valence-electron chi connectivity index (χ2n) is 7.81. The van der Waals surface area contributed by atoms with Crippen molar-refractivity contribution in [3.63, 3.8) is 0 Å². The highest BCUT2D eigenvalue weighted by atomic mass is 16.5. The van der Waals surface area contributed by atoms with Crippen LogP contribution in [0.1, 0.15) is 50.1 Å². The molecule has 3 aromatic rings. The number of carbonyl (C=O) groups is 1. The van der Waals surface area contributed by atoms with Gasteiger partial charge in [0.15, 0.2) is 5.69 Å². The molecule has 0 saturated carbocycles. The van der Waals surface area contributed by atoms with E-state index < -0.39 is 0 Å². The Bertz CT molecular complexity index is 1160. The third kappa shape index (κ3) is 6.45. The van der Waals surface area contributed by atoms with Crippen LogP contribution in [0.5, 0.6) is 5.75 Å². The third-order valence-corrected chi connectivity index (χ3v) is 5.31. The van der Waals surface area contributed by atoms with Crippen LogP contribution in [0.2, 0.25) is 0 Å². The highest BCUT2D eigenvalue weighted by Crippen LogP contribution is 2.22. The van der Waals surface area contributed by atoms with Crippen molar-refractivity contribution in [3.8, 4) is 17.6 Å². The van der Waals surface area contributed by atoms with E-state index in [0.717, 1.165) is 28.0 Å². The Morgan fingerprint density at radius 2 is 1.91 bits per heavy atom. The number of rotatable bonds is 8. The second-order valence-corrected chi connectivity index (χ2v) is 7.81. The van der Waals surface area contributed by atoms with Gasteiger partial charge in [0, 0.05) is 24.7 Å². The second kappa shape index (κ2) is 11.3. The molecule has 0 unspecified atom stereocenters. The summed E-state index contributed by atoms with van der Waals surface area (Å²) in [6.07, 6.45) is 0. The summed E-state index contributed by atoms with van der Waals surface area (Å²) in [4.78, 5) is 12.7. The molecule has 33 heavy (non-hydrogen) atoms. The first-order valence-electron chi connectivity index (χ1n) is 10.7.